The molecule has 4 N–H and O–H groups in total. The first-order valence-corrected chi connectivity index (χ1v) is 15.1. The van der Waals surface area contributed by atoms with Crippen LogP contribution in [0.2, 0.25) is 0 Å². The van der Waals surface area contributed by atoms with E-state index in [0.29, 0.717) is 32.1 Å². The maximum atomic E-state index is 13.5. The van der Waals surface area contributed by atoms with Crippen LogP contribution in [0.4, 0.5) is 0 Å². The lowest BCUT2D eigenvalue weighted by molar-refractivity contribution is -0.255. The number of allylic oxidation sites excluding steroid dienone is 2. The molecule has 11 unspecified atom stereocenters. The quantitative estimate of drug-likeness (QED) is 0.304. The summed E-state index contributed by atoms with van der Waals surface area (Å²) in [4.78, 5) is 26.7. The van der Waals surface area contributed by atoms with Crippen LogP contribution in [-0.2, 0) is 19.1 Å². The molecule has 5 aliphatic rings. The van der Waals surface area contributed by atoms with Gasteiger partial charge in [-0.3, -0.25) is 9.59 Å². The van der Waals surface area contributed by atoms with E-state index in [0.717, 1.165) is 19.3 Å². The summed E-state index contributed by atoms with van der Waals surface area (Å²) in [6.07, 6.45) is 3.81. The predicted molar refractivity (Wildman–Crippen MR) is 148 cm³/mol. The number of esters is 2. The van der Waals surface area contributed by atoms with Crippen LogP contribution in [0, 0.1) is 50.2 Å². The number of ether oxygens (including phenoxy) is 2. The maximum absolute atomic E-state index is 13.5. The van der Waals surface area contributed by atoms with Crippen molar-refractivity contribution in [1.82, 2.24) is 0 Å². The first-order chi connectivity index (χ1) is 18.6. The fourth-order valence-electron chi connectivity index (χ4n) is 11.2. The number of aliphatic hydroxyl groups excluding tert-OH is 4. The number of rotatable bonds is 3. The third-order valence-electron chi connectivity index (χ3n) is 13.5. The third kappa shape index (κ3) is 3.45. The van der Waals surface area contributed by atoms with E-state index in [-0.39, 0.29) is 34.6 Å². The molecular formula is C32H50O8. The zero-order valence-electron chi connectivity index (χ0n) is 25.3. The van der Waals surface area contributed by atoms with Gasteiger partial charge in [-0.2, -0.15) is 0 Å². The normalized spacial score (nSPS) is 51.2. The second-order valence-corrected chi connectivity index (χ2v) is 15.4. The fraction of sp³-hybridized carbons (Fsp3) is 0.875. The summed E-state index contributed by atoms with van der Waals surface area (Å²) in [6, 6.07) is 0. The number of carbonyl (C=O) groups excluding carboxylic acids is 2. The van der Waals surface area contributed by atoms with Crippen LogP contribution in [0.15, 0.2) is 11.6 Å². The van der Waals surface area contributed by atoms with Crippen LogP contribution >= 0.6 is 0 Å². The molecule has 0 spiro atoms. The Labute approximate surface area is 238 Å². The molecule has 226 valence electrons. The van der Waals surface area contributed by atoms with Crippen molar-refractivity contribution in [1.29, 1.82) is 0 Å². The van der Waals surface area contributed by atoms with E-state index in [1.807, 2.05) is 0 Å². The molecule has 0 heterocycles. The van der Waals surface area contributed by atoms with Gasteiger partial charge in [-0.25, -0.2) is 0 Å². The van der Waals surface area contributed by atoms with Crippen LogP contribution in [0.5, 0.6) is 0 Å². The van der Waals surface area contributed by atoms with E-state index in [1.165, 1.54) is 19.8 Å². The van der Waals surface area contributed by atoms with E-state index in [1.54, 1.807) is 0 Å². The molecular weight excluding hydrogens is 512 g/mol. The highest BCUT2D eigenvalue weighted by Gasteiger charge is 2.74. The van der Waals surface area contributed by atoms with Crippen molar-refractivity contribution in [2.45, 2.75) is 104 Å². The minimum atomic E-state index is -1.60. The summed E-state index contributed by atoms with van der Waals surface area (Å²) in [5.74, 6) is -1.50. The van der Waals surface area contributed by atoms with Crippen LogP contribution in [0.25, 0.3) is 0 Å². The van der Waals surface area contributed by atoms with Crippen molar-refractivity contribution in [2.24, 2.45) is 50.2 Å². The van der Waals surface area contributed by atoms with E-state index in [2.05, 4.69) is 40.7 Å². The Morgan fingerprint density at radius 1 is 0.900 bits per heavy atom. The van der Waals surface area contributed by atoms with Gasteiger partial charge in [0, 0.05) is 0 Å². The molecule has 4 fully saturated rings. The van der Waals surface area contributed by atoms with Crippen LogP contribution in [-0.4, -0.2) is 71.5 Å². The van der Waals surface area contributed by atoms with Gasteiger partial charge >= 0.3 is 11.9 Å². The minimum absolute atomic E-state index is 0.0136. The highest BCUT2D eigenvalue weighted by Crippen LogP contribution is 2.76. The summed E-state index contributed by atoms with van der Waals surface area (Å²) >= 11 is 0. The average Bonchev–Trinajstić information content (AvgIpc) is 2.89. The largest absolute Gasteiger partial charge is 0.468 e. The van der Waals surface area contributed by atoms with E-state index in [4.69, 9.17) is 9.47 Å². The number of hydrogen-bond acceptors (Lipinski definition) is 8. The van der Waals surface area contributed by atoms with Gasteiger partial charge in [-0.1, -0.05) is 46.3 Å². The molecule has 5 aliphatic carbocycles. The molecule has 0 aromatic carbocycles. The molecule has 0 amide bonds. The lowest BCUT2D eigenvalue weighted by atomic mass is 9.33. The lowest BCUT2D eigenvalue weighted by Crippen LogP contribution is -2.71. The molecule has 0 bridgehead atoms. The van der Waals surface area contributed by atoms with Gasteiger partial charge in [0.05, 0.1) is 39.1 Å². The number of aliphatic hydroxyl groups is 4. The molecule has 0 aromatic heterocycles. The highest BCUT2D eigenvalue weighted by molar-refractivity contribution is 5.80. The van der Waals surface area contributed by atoms with Gasteiger partial charge in [0.1, 0.15) is 10.8 Å². The topological polar surface area (TPSA) is 134 Å². The molecule has 0 radical (unpaired) electrons. The third-order valence-corrected chi connectivity index (χ3v) is 13.5. The zero-order chi connectivity index (χ0) is 29.7. The molecule has 0 aliphatic heterocycles. The van der Waals surface area contributed by atoms with Crippen LogP contribution in [0.1, 0.15) is 86.0 Å². The van der Waals surface area contributed by atoms with Crippen molar-refractivity contribution in [3.8, 4) is 0 Å². The van der Waals surface area contributed by atoms with E-state index < -0.39 is 52.5 Å². The second kappa shape index (κ2) is 9.26. The summed E-state index contributed by atoms with van der Waals surface area (Å²) in [6.45, 7) is 10.5. The Hall–Kier alpha value is -1.48. The number of carbonyl (C=O) groups is 2. The summed E-state index contributed by atoms with van der Waals surface area (Å²) < 4.78 is 10.5. The van der Waals surface area contributed by atoms with Crippen molar-refractivity contribution in [3.05, 3.63) is 11.6 Å². The van der Waals surface area contributed by atoms with Crippen molar-refractivity contribution < 1.29 is 39.5 Å². The first kappa shape index (κ1) is 30.0. The number of fused-ring (bicyclic) bond motifs is 7. The minimum Gasteiger partial charge on any atom is -0.468 e. The maximum Gasteiger partial charge on any atom is 0.317 e. The predicted octanol–water partition coefficient (Wildman–Crippen LogP) is 3.39. The molecule has 0 aromatic rings. The van der Waals surface area contributed by atoms with Crippen molar-refractivity contribution >= 4 is 11.9 Å². The Kier molecular flexibility index (Phi) is 6.94. The average molecular weight is 563 g/mol. The smallest absolute Gasteiger partial charge is 0.317 e. The SMILES string of the molecule is COC(=O)C12CCC(C)(C)CC1C1=CCC3C4(C)CC(O)C(O)C(CO)(C(=O)OC)C4CCC3(C)C1(C)CC2O. The monoisotopic (exact) mass is 562 g/mol. The van der Waals surface area contributed by atoms with Gasteiger partial charge in [0.25, 0.3) is 0 Å². The van der Waals surface area contributed by atoms with E-state index >= 15 is 0 Å². The van der Waals surface area contributed by atoms with Crippen LogP contribution < -0.4 is 0 Å². The molecule has 5 rings (SSSR count). The Balaban J connectivity index is 1.65. The van der Waals surface area contributed by atoms with Gasteiger partial charge < -0.3 is 29.9 Å². The van der Waals surface area contributed by atoms with Gasteiger partial charge in [-0.05, 0) is 90.8 Å². The summed E-state index contributed by atoms with van der Waals surface area (Å²) in [5.41, 5.74) is -2.61. The molecule has 8 nitrogen and oxygen atoms in total. The number of methoxy groups -OCH3 is 2. The Morgan fingerprint density at radius 3 is 2.15 bits per heavy atom. The Bertz CT molecular complexity index is 1100. The molecule has 40 heavy (non-hydrogen) atoms. The standard InChI is InChI=1S/C32H50O8/c1-27(2)12-13-31(25(37)39-6)19(14-27)18-8-9-21-28(3)15-20(34)24(36)32(17-33,26(38)40-7)22(28)10-11-29(21,4)30(18,5)16-23(31)35/h8,19-24,33-36H,9-17H2,1-7H3. The van der Waals surface area contributed by atoms with Gasteiger partial charge in [0.2, 0.25) is 0 Å². The first-order valence-electron chi connectivity index (χ1n) is 15.1. The van der Waals surface area contributed by atoms with Gasteiger partial charge in [-0.15, -0.1) is 0 Å². The molecule has 8 heteroatoms. The molecule has 4 saturated carbocycles. The molecule has 11 atom stereocenters. The van der Waals surface area contributed by atoms with Crippen LogP contribution in [0.3, 0.4) is 0 Å². The highest BCUT2D eigenvalue weighted by atomic mass is 16.5. The van der Waals surface area contributed by atoms with Crippen molar-refractivity contribution in [2.75, 3.05) is 20.8 Å². The lowest BCUT2D eigenvalue weighted by Gasteiger charge is -2.71. The van der Waals surface area contributed by atoms with Gasteiger partial charge in [0.15, 0.2) is 0 Å². The Morgan fingerprint density at radius 2 is 1.55 bits per heavy atom. The van der Waals surface area contributed by atoms with Crippen molar-refractivity contribution in [3.63, 3.8) is 0 Å². The fourth-order valence-corrected chi connectivity index (χ4v) is 11.2. The second-order valence-electron chi connectivity index (χ2n) is 15.4. The van der Waals surface area contributed by atoms with E-state index in [9.17, 15) is 30.0 Å². The summed E-state index contributed by atoms with van der Waals surface area (Å²) in [7, 11) is 2.68. The number of hydrogen-bond donors (Lipinski definition) is 4. The summed E-state index contributed by atoms with van der Waals surface area (Å²) in [5, 5.41) is 44.9. The molecule has 0 saturated heterocycles. The zero-order valence-corrected chi connectivity index (χ0v) is 25.3.